The van der Waals surface area contributed by atoms with Crippen LogP contribution in [0.1, 0.15) is 24.1 Å². The third-order valence-corrected chi connectivity index (χ3v) is 7.06. The van der Waals surface area contributed by atoms with Crippen molar-refractivity contribution in [3.8, 4) is 0 Å². The maximum absolute atomic E-state index is 12.5. The Bertz CT molecular complexity index is 567. The Labute approximate surface area is 122 Å². The van der Waals surface area contributed by atoms with Gasteiger partial charge in [0.25, 0.3) is 10.0 Å². The Morgan fingerprint density at radius 1 is 1.53 bits per heavy atom. The van der Waals surface area contributed by atoms with Crippen molar-refractivity contribution in [3.05, 3.63) is 17.0 Å². The van der Waals surface area contributed by atoms with Gasteiger partial charge in [0.05, 0.1) is 11.5 Å². The molecule has 0 radical (unpaired) electrons. The molecular formula is C11H16N2O3S3. The van der Waals surface area contributed by atoms with E-state index in [1.165, 1.54) is 10.4 Å². The van der Waals surface area contributed by atoms with Gasteiger partial charge in [0.1, 0.15) is 9.20 Å². The number of hydrogen-bond donors (Lipinski definition) is 2. The minimum Gasteiger partial charge on any atom is -0.395 e. The standard InChI is InChI=1S/C11H16N2O3S3/c12-11(17)9-4-5-10(18-9)19(15,16)13-6-2-1-3-8(13)7-14/h4-5,8,14H,1-3,6-7H2,(H2,12,17). The number of nitrogens with two attached hydrogens (primary N) is 1. The van der Waals surface area contributed by atoms with Crippen molar-refractivity contribution in [2.75, 3.05) is 13.2 Å². The van der Waals surface area contributed by atoms with E-state index in [9.17, 15) is 13.5 Å². The number of hydrogen-bond acceptors (Lipinski definition) is 5. The maximum Gasteiger partial charge on any atom is 0.252 e. The zero-order valence-corrected chi connectivity index (χ0v) is 12.7. The molecule has 0 saturated carbocycles. The summed E-state index contributed by atoms with van der Waals surface area (Å²) in [5.41, 5.74) is 5.50. The van der Waals surface area contributed by atoms with Gasteiger partial charge in [-0.3, -0.25) is 0 Å². The fraction of sp³-hybridized carbons (Fsp3) is 0.545. The Kier molecular flexibility index (Phi) is 4.57. The van der Waals surface area contributed by atoms with Crippen LogP contribution in [0.2, 0.25) is 0 Å². The second-order valence-electron chi connectivity index (χ2n) is 4.43. The summed E-state index contributed by atoms with van der Waals surface area (Å²) in [6, 6.07) is 2.82. The summed E-state index contributed by atoms with van der Waals surface area (Å²) in [6.07, 6.45) is 2.46. The topological polar surface area (TPSA) is 83.6 Å². The number of aliphatic hydroxyl groups is 1. The molecule has 2 heterocycles. The monoisotopic (exact) mass is 320 g/mol. The molecular weight excluding hydrogens is 304 g/mol. The summed E-state index contributed by atoms with van der Waals surface area (Å²) in [4.78, 5) is 0.787. The molecule has 1 aliphatic heterocycles. The molecule has 0 amide bonds. The zero-order valence-electron chi connectivity index (χ0n) is 10.3. The molecule has 1 unspecified atom stereocenters. The molecule has 8 heteroatoms. The molecule has 0 aliphatic carbocycles. The SMILES string of the molecule is NC(=S)c1ccc(S(=O)(=O)N2CCCCC2CO)s1. The first-order valence-corrected chi connectivity index (χ1v) is 8.65. The molecule has 5 nitrogen and oxygen atoms in total. The van der Waals surface area contributed by atoms with Crippen molar-refractivity contribution in [1.29, 1.82) is 0 Å². The summed E-state index contributed by atoms with van der Waals surface area (Å²) in [6.45, 7) is 0.306. The van der Waals surface area contributed by atoms with Gasteiger partial charge in [-0.1, -0.05) is 18.6 Å². The number of sulfonamides is 1. The van der Waals surface area contributed by atoms with Gasteiger partial charge in [-0.05, 0) is 25.0 Å². The molecule has 0 aromatic carbocycles. The molecule has 1 saturated heterocycles. The van der Waals surface area contributed by atoms with Crippen LogP contribution >= 0.6 is 23.6 Å². The van der Waals surface area contributed by atoms with Crippen LogP contribution < -0.4 is 5.73 Å². The highest BCUT2D eigenvalue weighted by atomic mass is 32.2. The van der Waals surface area contributed by atoms with Gasteiger partial charge in [0, 0.05) is 12.6 Å². The second kappa shape index (κ2) is 5.84. The lowest BCUT2D eigenvalue weighted by molar-refractivity contribution is 0.155. The third kappa shape index (κ3) is 2.97. The molecule has 2 rings (SSSR count). The van der Waals surface area contributed by atoms with Crippen LogP contribution in [0.3, 0.4) is 0 Å². The highest BCUT2D eigenvalue weighted by Gasteiger charge is 2.34. The summed E-state index contributed by atoms with van der Waals surface area (Å²) in [5.74, 6) is 0. The molecule has 3 N–H and O–H groups in total. The van der Waals surface area contributed by atoms with Crippen LogP contribution in [0.5, 0.6) is 0 Å². The molecule has 1 aliphatic rings. The highest BCUT2D eigenvalue weighted by molar-refractivity contribution is 7.91. The van der Waals surface area contributed by atoms with Crippen LogP contribution in [-0.2, 0) is 10.0 Å². The molecule has 19 heavy (non-hydrogen) atoms. The fourth-order valence-corrected chi connectivity index (χ4v) is 5.35. The van der Waals surface area contributed by atoms with Gasteiger partial charge in [-0.25, -0.2) is 8.42 Å². The van der Waals surface area contributed by atoms with Crippen molar-refractivity contribution in [2.45, 2.75) is 29.5 Å². The van der Waals surface area contributed by atoms with Crippen LogP contribution in [0.15, 0.2) is 16.3 Å². The van der Waals surface area contributed by atoms with E-state index < -0.39 is 10.0 Å². The number of thiophene rings is 1. The Balaban J connectivity index is 2.32. The first-order valence-electron chi connectivity index (χ1n) is 5.99. The van der Waals surface area contributed by atoms with E-state index in [2.05, 4.69) is 0 Å². The largest absolute Gasteiger partial charge is 0.395 e. The molecule has 1 atom stereocenters. The van der Waals surface area contributed by atoms with Crippen LogP contribution in [0.4, 0.5) is 0 Å². The van der Waals surface area contributed by atoms with E-state index in [1.807, 2.05) is 0 Å². The first kappa shape index (κ1) is 14.9. The Hall–Kier alpha value is -0.540. The average molecular weight is 320 g/mol. The van der Waals surface area contributed by atoms with Crippen LogP contribution in [0, 0.1) is 0 Å². The van der Waals surface area contributed by atoms with Gasteiger partial charge in [-0.15, -0.1) is 11.3 Å². The van der Waals surface area contributed by atoms with Crippen molar-refractivity contribution in [3.63, 3.8) is 0 Å². The molecule has 0 bridgehead atoms. The quantitative estimate of drug-likeness (QED) is 0.806. The first-order chi connectivity index (χ1) is 8.96. The lowest BCUT2D eigenvalue weighted by atomic mass is 10.1. The van der Waals surface area contributed by atoms with E-state index in [4.69, 9.17) is 18.0 Å². The van der Waals surface area contributed by atoms with E-state index in [-0.39, 0.29) is 21.8 Å². The molecule has 1 fully saturated rings. The number of aliphatic hydroxyl groups excluding tert-OH is 1. The van der Waals surface area contributed by atoms with Gasteiger partial charge in [0.15, 0.2) is 0 Å². The highest BCUT2D eigenvalue weighted by Crippen LogP contribution is 2.29. The van der Waals surface area contributed by atoms with Gasteiger partial charge in [0.2, 0.25) is 0 Å². The molecule has 1 aromatic heterocycles. The fourth-order valence-electron chi connectivity index (χ4n) is 2.18. The summed E-state index contributed by atoms with van der Waals surface area (Å²) in [5, 5.41) is 9.32. The number of rotatable bonds is 4. The zero-order chi connectivity index (χ0) is 14.0. The number of thiocarbonyl (C=S) groups is 1. The minimum atomic E-state index is -3.56. The van der Waals surface area contributed by atoms with E-state index >= 15 is 0 Å². The lowest BCUT2D eigenvalue weighted by Crippen LogP contribution is -2.45. The van der Waals surface area contributed by atoms with Crippen molar-refractivity contribution in [1.82, 2.24) is 4.31 Å². The van der Waals surface area contributed by atoms with Gasteiger partial charge < -0.3 is 10.8 Å². The van der Waals surface area contributed by atoms with Crippen molar-refractivity contribution in [2.24, 2.45) is 5.73 Å². The predicted molar refractivity (Wildman–Crippen MR) is 78.8 cm³/mol. The Morgan fingerprint density at radius 2 is 2.26 bits per heavy atom. The average Bonchev–Trinajstić information content (AvgIpc) is 2.89. The smallest absolute Gasteiger partial charge is 0.252 e. The van der Waals surface area contributed by atoms with Crippen molar-refractivity contribution < 1.29 is 13.5 Å². The van der Waals surface area contributed by atoms with Gasteiger partial charge >= 0.3 is 0 Å². The number of nitrogens with zero attached hydrogens (tertiary/aromatic N) is 1. The normalized spacial score (nSPS) is 21.4. The molecule has 1 aromatic rings. The van der Waals surface area contributed by atoms with E-state index in [0.717, 1.165) is 24.2 Å². The second-order valence-corrected chi connectivity index (χ2v) is 8.07. The van der Waals surface area contributed by atoms with Crippen molar-refractivity contribution >= 4 is 38.6 Å². The summed E-state index contributed by atoms with van der Waals surface area (Å²) >= 11 is 5.92. The third-order valence-electron chi connectivity index (χ3n) is 3.17. The molecule has 106 valence electrons. The summed E-state index contributed by atoms with van der Waals surface area (Å²) < 4.78 is 26.7. The van der Waals surface area contributed by atoms with Crippen LogP contribution in [-0.4, -0.2) is 42.0 Å². The van der Waals surface area contributed by atoms with E-state index in [0.29, 0.717) is 17.8 Å². The Morgan fingerprint density at radius 3 is 2.84 bits per heavy atom. The van der Waals surface area contributed by atoms with Crippen LogP contribution in [0.25, 0.3) is 0 Å². The summed E-state index contributed by atoms with van der Waals surface area (Å²) in [7, 11) is -3.56. The lowest BCUT2D eigenvalue weighted by Gasteiger charge is -2.32. The minimum absolute atomic E-state index is 0.146. The van der Waals surface area contributed by atoms with E-state index in [1.54, 1.807) is 6.07 Å². The number of piperidine rings is 1. The predicted octanol–water partition coefficient (Wildman–Crippen LogP) is 0.918. The molecule has 0 spiro atoms. The maximum atomic E-state index is 12.5. The van der Waals surface area contributed by atoms with Gasteiger partial charge in [-0.2, -0.15) is 4.31 Å².